The van der Waals surface area contributed by atoms with Crippen molar-refractivity contribution in [3.63, 3.8) is 0 Å². The van der Waals surface area contributed by atoms with E-state index in [2.05, 4.69) is 45.7 Å². The van der Waals surface area contributed by atoms with Gasteiger partial charge in [-0.1, -0.05) is 22.9 Å². The molecule has 2 heterocycles. The Balaban J connectivity index is 2.23. The Morgan fingerprint density at radius 3 is 3.07 bits per heavy atom. The molecule has 3 heteroatoms. The quantitative estimate of drug-likeness (QED) is 0.767. The summed E-state index contributed by atoms with van der Waals surface area (Å²) >= 11 is 3.60. The number of aryl methyl sites for hydroxylation is 1. The van der Waals surface area contributed by atoms with Crippen molar-refractivity contribution in [2.24, 2.45) is 5.92 Å². The van der Waals surface area contributed by atoms with Crippen LogP contribution in [0.15, 0.2) is 18.3 Å². The third kappa shape index (κ3) is 2.17. The monoisotopic (exact) mass is 268 g/mol. The van der Waals surface area contributed by atoms with Crippen LogP contribution in [0.3, 0.4) is 0 Å². The minimum absolute atomic E-state index is 0.597. The zero-order valence-electron chi connectivity index (χ0n) is 9.28. The van der Waals surface area contributed by atoms with Crippen LogP contribution in [0, 0.1) is 12.8 Å². The molecule has 1 aromatic rings. The van der Waals surface area contributed by atoms with Gasteiger partial charge in [-0.05, 0) is 37.0 Å². The molecular formula is C12H17BrN2. The summed E-state index contributed by atoms with van der Waals surface area (Å²) in [4.78, 5) is 6.88. The summed E-state index contributed by atoms with van der Waals surface area (Å²) in [5.74, 6) is 1.88. The van der Waals surface area contributed by atoms with Crippen molar-refractivity contribution in [3.05, 3.63) is 23.9 Å². The molecule has 0 aromatic carbocycles. The Bertz CT molecular complexity index is 340. The van der Waals surface area contributed by atoms with Gasteiger partial charge in [0, 0.05) is 24.1 Å². The minimum atomic E-state index is 0.597. The summed E-state index contributed by atoms with van der Waals surface area (Å²) in [7, 11) is 0. The second-order valence-electron chi connectivity index (χ2n) is 4.37. The van der Waals surface area contributed by atoms with Crippen LogP contribution in [0.5, 0.6) is 0 Å². The lowest BCUT2D eigenvalue weighted by Crippen LogP contribution is -2.34. The molecule has 1 aliphatic heterocycles. The van der Waals surface area contributed by atoms with E-state index in [9.17, 15) is 0 Å². The second kappa shape index (κ2) is 4.52. The first-order valence-electron chi connectivity index (χ1n) is 5.47. The van der Waals surface area contributed by atoms with Gasteiger partial charge in [0.25, 0.3) is 0 Å². The summed E-state index contributed by atoms with van der Waals surface area (Å²) in [5, 5.41) is 1.03. The first kappa shape index (κ1) is 10.9. The van der Waals surface area contributed by atoms with Crippen molar-refractivity contribution in [1.29, 1.82) is 0 Å². The molecule has 1 fully saturated rings. The maximum atomic E-state index is 4.46. The van der Waals surface area contributed by atoms with Gasteiger partial charge in [0.15, 0.2) is 0 Å². The molecule has 2 rings (SSSR count). The first-order valence-corrected chi connectivity index (χ1v) is 6.60. The van der Waals surface area contributed by atoms with Gasteiger partial charge in [-0.25, -0.2) is 4.98 Å². The zero-order chi connectivity index (χ0) is 10.8. The molecule has 0 spiro atoms. The van der Waals surface area contributed by atoms with Gasteiger partial charge in [0.05, 0.1) is 0 Å². The fraction of sp³-hybridized carbons (Fsp3) is 0.583. The van der Waals surface area contributed by atoms with E-state index in [0.29, 0.717) is 6.04 Å². The van der Waals surface area contributed by atoms with E-state index in [-0.39, 0.29) is 0 Å². The Hall–Kier alpha value is -0.570. The van der Waals surface area contributed by atoms with Gasteiger partial charge in [-0.2, -0.15) is 0 Å². The second-order valence-corrected chi connectivity index (χ2v) is 5.02. The number of hydrogen-bond acceptors (Lipinski definition) is 2. The lowest BCUT2D eigenvalue weighted by molar-refractivity contribution is 0.553. The maximum absolute atomic E-state index is 4.46. The van der Waals surface area contributed by atoms with Gasteiger partial charge in [0.2, 0.25) is 0 Å². The third-order valence-electron chi connectivity index (χ3n) is 3.24. The number of nitrogens with zero attached hydrogens (tertiary/aromatic N) is 2. The molecule has 15 heavy (non-hydrogen) atoms. The van der Waals surface area contributed by atoms with Gasteiger partial charge in [-0.3, -0.25) is 0 Å². The number of halogens is 1. The van der Waals surface area contributed by atoms with E-state index in [0.717, 1.165) is 23.6 Å². The summed E-state index contributed by atoms with van der Waals surface area (Å²) in [6.45, 7) is 5.57. The largest absolute Gasteiger partial charge is 0.353 e. The molecule has 1 aromatic heterocycles. The normalized spacial score (nSPS) is 25.9. The van der Waals surface area contributed by atoms with Crippen LogP contribution in [0.4, 0.5) is 5.82 Å². The number of alkyl halides is 1. The SMILES string of the molecule is Cc1ccnc(N2CCC(C)C2CBr)c1. The average Bonchev–Trinajstić information content (AvgIpc) is 2.59. The minimum Gasteiger partial charge on any atom is -0.353 e. The highest BCUT2D eigenvalue weighted by atomic mass is 79.9. The standard InChI is InChI=1S/C12H17BrN2/c1-9-3-5-14-12(7-9)15-6-4-10(2)11(15)8-13/h3,5,7,10-11H,4,6,8H2,1-2H3. The smallest absolute Gasteiger partial charge is 0.129 e. The Morgan fingerprint density at radius 2 is 2.40 bits per heavy atom. The molecule has 0 saturated carbocycles. The molecule has 82 valence electrons. The van der Waals surface area contributed by atoms with E-state index in [1.807, 2.05) is 12.3 Å². The molecule has 2 unspecified atom stereocenters. The van der Waals surface area contributed by atoms with Gasteiger partial charge in [0.1, 0.15) is 5.82 Å². The van der Waals surface area contributed by atoms with Crippen LogP contribution in [0.25, 0.3) is 0 Å². The highest BCUT2D eigenvalue weighted by Crippen LogP contribution is 2.29. The lowest BCUT2D eigenvalue weighted by Gasteiger charge is -2.26. The van der Waals surface area contributed by atoms with Crippen molar-refractivity contribution in [2.75, 3.05) is 16.8 Å². The first-order chi connectivity index (χ1) is 7.22. The topological polar surface area (TPSA) is 16.1 Å². The van der Waals surface area contributed by atoms with E-state index >= 15 is 0 Å². The van der Waals surface area contributed by atoms with Crippen molar-refractivity contribution in [3.8, 4) is 0 Å². The van der Waals surface area contributed by atoms with Crippen molar-refractivity contribution >= 4 is 21.7 Å². The van der Waals surface area contributed by atoms with E-state index < -0.39 is 0 Å². The predicted octanol–water partition coefficient (Wildman–Crippen LogP) is 3.00. The van der Waals surface area contributed by atoms with Gasteiger partial charge in [-0.15, -0.1) is 0 Å². The number of hydrogen-bond donors (Lipinski definition) is 0. The molecule has 2 atom stereocenters. The van der Waals surface area contributed by atoms with Crippen molar-refractivity contribution < 1.29 is 0 Å². The van der Waals surface area contributed by atoms with Gasteiger partial charge >= 0.3 is 0 Å². The molecule has 0 bridgehead atoms. The maximum Gasteiger partial charge on any atom is 0.129 e. The molecule has 0 N–H and O–H groups in total. The van der Waals surface area contributed by atoms with Crippen LogP contribution in [-0.2, 0) is 0 Å². The van der Waals surface area contributed by atoms with E-state index in [1.165, 1.54) is 12.0 Å². The molecule has 1 aliphatic rings. The van der Waals surface area contributed by atoms with E-state index in [1.54, 1.807) is 0 Å². The lowest BCUT2D eigenvalue weighted by atomic mass is 10.1. The highest BCUT2D eigenvalue weighted by Gasteiger charge is 2.30. The molecule has 2 nitrogen and oxygen atoms in total. The van der Waals surface area contributed by atoms with E-state index in [4.69, 9.17) is 0 Å². The highest BCUT2D eigenvalue weighted by molar-refractivity contribution is 9.09. The number of pyridine rings is 1. The fourth-order valence-corrected chi connectivity index (χ4v) is 3.19. The van der Waals surface area contributed by atoms with Crippen LogP contribution in [0.1, 0.15) is 18.9 Å². The van der Waals surface area contributed by atoms with Crippen molar-refractivity contribution in [2.45, 2.75) is 26.3 Å². The number of rotatable bonds is 2. The van der Waals surface area contributed by atoms with Crippen LogP contribution in [0.2, 0.25) is 0 Å². The predicted molar refractivity (Wildman–Crippen MR) is 67.7 cm³/mol. The third-order valence-corrected chi connectivity index (χ3v) is 3.90. The van der Waals surface area contributed by atoms with Crippen LogP contribution in [-0.4, -0.2) is 22.9 Å². The van der Waals surface area contributed by atoms with Gasteiger partial charge < -0.3 is 4.90 Å². The Morgan fingerprint density at radius 1 is 1.60 bits per heavy atom. The fourth-order valence-electron chi connectivity index (χ4n) is 2.21. The molecule has 0 radical (unpaired) electrons. The average molecular weight is 269 g/mol. The summed E-state index contributed by atoms with van der Waals surface area (Å²) in [6, 6.07) is 4.82. The number of aromatic nitrogens is 1. The van der Waals surface area contributed by atoms with Crippen LogP contribution < -0.4 is 4.90 Å². The van der Waals surface area contributed by atoms with Crippen molar-refractivity contribution in [1.82, 2.24) is 4.98 Å². The summed E-state index contributed by atoms with van der Waals surface area (Å²) in [5.41, 5.74) is 1.29. The summed E-state index contributed by atoms with van der Waals surface area (Å²) in [6.07, 6.45) is 3.17. The Kier molecular flexibility index (Phi) is 3.29. The van der Waals surface area contributed by atoms with Crippen LogP contribution >= 0.6 is 15.9 Å². The molecular weight excluding hydrogens is 252 g/mol. The molecule has 0 aliphatic carbocycles. The molecule has 0 amide bonds. The molecule has 1 saturated heterocycles. The summed E-state index contributed by atoms with van der Waals surface area (Å²) < 4.78 is 0. The number of anilines is 1. The Labute approximate surface area is 99.8 Å². The zero-order valence-corrected chi connectivity index (χ0v) is 10.9.